The summed E-state index contributed by atoms with van der Waals surface area (Å²) in [6.45, 7) is 7.34. The molecule has 0 saturated carbocycles. The lowest BCUT2D eigenvalue weighted by Gasteiger charge is -2.11. The van der Waals surface area contributed by atoms with Crippen molar-refractivity contribution < 1.29 is 13.5 Å². The lowest BCUT2D eigenvalue weighted by Crippen LogP contribution is -2.38. The van der Waals surface area contributed by atoms with Gasteiger partial charge in [0.1, 0.15) is 11.6 Å². The standard InChI is InChI=1S/C16H25F2N3O/c1-3-19-16(20-7-5-9-22-4-2)21-8-6-13-10-14(17)12-15(18)11-13/h10-12H,3-9H2,1-2H3,(H2,19,20,21). The van der Waals surface area contributed by atoms with Gasteiger partial charge in [-0.3, -0.25) is 4.99 Å². The number of benzene rings is 1. The molecule has 22 heavy (non-hydrogen) atoms. The van der Waals surface area contributed by atoms with Crippen molar-refractivity contribution >= 4 is 5.96 Å². The monoisotopic (exact) mass is 313 g/mol. The van der Waals surface area contributed by atoms with Gasteiger partial charge in [0.2, 0.25) is 0 Å². The second kappa shape index (κ2) is 11.0. The van der Waals surface area contributed by atoms with Gasteiger partial charge in [-0.1, -0.05) is 0 Å². The Labute approximate surface area is 131 Å². The molecule has 124 valence electrons. The summed E-state index contributed by atoms with van der Waals surface area (Å²) in [5, 5.41) is 6.28. The highest BCUT2D eigenvalue weighted by atomic mass is 19.1. The van der Waals surface area contributed by atoms with E-state index in [9.17, 15) is 8.78 Å². The summed E-state index contributed by atoms with van der Waals surface area (Å²) in [4.78, 5) is 4.42. The third-order valence-electron chi connectivity index (χ3n) is 2.89. The Morgan fingerprint density at radius 2 is 1.86 bits per heavy atom. The first-order valence-corrected chi connectivity index (χ1v) is 7.70. The molecule has 0 atom stereocenters. The minimum Gasteiger partial charge on any atom is -0.382 e. The first kappa shape index (κ1) is 18.4. The first-order chi connectivity index (χ1) is 10.7. The molecule has 0 fully saturated rings. The van der Waals surface area contributed by atoms with Crippen LogP contribution in [-0.4, -0.2) is 38.8 Å². The number of rotatable bonds is 9. The molecular weight excluding hydrogens is 288 g/mol. The number of nitrogens with one attached hydrogen (secondary N) is 2. The van der Waals surface area contributed by atoms with Gasteiger partial charge < -0.3 is 15.4 Å². The molecule has 1 aromatic carbocycles. The van der Waals surface area contributed by atoms with E-state index in [4.69, 9.17) is 4.74 Å². The maximum absolute atomic E-state index is 13.1. The zero-order valence-corrected chi connectivity index (χ0v) is 13.3. The average molecular weight is 313 g/mol. The molecule has 0 aromatic heterocycles. The van der Waals surface area contributed by atoms with Gasteiger partial charge >= 0.3 is 0 Å². The Balaban J connectivity index is 2.38. The molecule has 1 aromatic rings. The predicted molar refractivity (Wildman–Crippen MR) is 85.2 cm³/mol. The number of ether oxygens (including phenoxy) is 1. The van der Waals surface area contributed by atoms with Gasteiger partial charge in [-0.15, -0.1) is 0 Å². The van der Waals surface area contributed by atoms with Crippen LogP contribution in [0.3, 0.4) is 0 Å². The topological polar surface area (TPSA) is 45.7 Å². The Kier molecular flexibility index (Phi) is 9.14. The van der Waals surface area contributed by atoms with Crippen molar-refractivity contribution in [2.24, 2.45) is 4.99 Å². The Morgan fingerprint density at radius 1 is 1.14 bits per heavy atom. The van der Waals surface area contributed by atoms with E-state index in [-0.39, 0.29) is 0 Å². The van der Waals surface area contributed by atoms with Gasteiger partial charge in [0.05, 0.1) is 0 Å². The van der Waals surface area contributed by atoms with Crippen molar-refractivity contribution in [3.63, 3.8) is 0 Å². The van der Waals surface area contributed by atoms with E-state index in [1.165, 1.54) is 12.1 Å². The van der Waals surface area contributed by atoms with E-state index in [2.05, 4.69) is 15.6 Å². The second-order valence-corrected chi connectivity index (χ2v) is 4.77. The van der Waals surface area contributed by atoms with Crippen molar-refractivity contribution in [3.8, 4) is 0 Å². The summed E-state index contributed by atoms with van der Waals surface area (Å²) in [5.74, 6) is -0.395. The van der Waals surface area contributed by atoms with Gasteiger partial charge in [0, 0.05) is 38.9 Å². The molecule has 0 radical (unpaired) electrons. The molecule has 6 heteroatoms. The van der Waals surface area contributed by atoms with E-state index < -0.39 is 11.6 Å². The second-order valence-electron chi connectivity index (χ2n) is 4.77. The lowest BCUT2D eigenvalue weighted by atomic mass is 10.1. The molecule has 0 unspecified atom stereocenters. The van der Waals surface area contributed by atoms with Crippen molar-refractivity contribution in [3.05, 3.63) is 35.4 Å². The molecule has 1 rings (SSSR count). The minimum absolute atomic E-state index is 0.526. The SMILES string of the molecule is CCNC(=NCCCOCC)NCCc1cc(F)cc(F)c1. The fourth-order valence-electron chi connectivity index (χ4n) is 1.92. The molecule has 0 aliphatic carbocycles. The summed E-state index contributed by atoms with van der Waals surface area (Å²) in [5.41, 5.74) is 0.622. The van der Waals surface area contributed by atoms with E-state index in [0.29, 0.717) is 44.2 Å². The largest absolute Gasteiger partial charge is 0.382 e. The van der Waals surface area contributed by atoms with Crippen LogP contribution in [0.2, 0.25) is 0 Å². The normalized spacial score (nSPS) is 11.5. The Hall–Kier alpha value is -1.69. The van der Waals surface area contributed by atoms with Gasteiger partial charge in [0.15, 0.2) is 5.96 Å². The number of nitrogens with zero attached hydrogens (tertiary/aromatic N) is 1. The van der Waals surface area contributed by atoms with Gasteiger partial charge in [-0.2, -0.15) is 0 Å². The highest BCUT2D eigenvalue weighted by molar-refractivity contribution is 5.79. The molecular formula is C16H25F2N3O. The summed E-state index contributed by atoms with van der Waals surface area (Å²) in [7, 11) is 0. The van der Waals surface area contributed by atoms with Crippen LogP contribution >= 0.6 is 0 Å². The zero-order chi connectivity index (χ0) is 16.2. The van der Waals surface area contributed by atoms with E-state index in [1.54, 1.807) is 0 Å². The molecule has 0 bridgehead atoms. The van der Waals surface area contributed by atoms with Gasteiger partial charge in [-0.05, 0) is 44.4 Å². The quantitative estimate of drug-likeness (QED) is 0.418. The smallest absolute Gasteiger partial charge is 0.191 e. The summed E-state index contributed by atoms with van der Waals surface area (Å²) in [6.07, 6.45) is 1.39. The van der Waals surface area contributed by atoms with E-state index >= 15 is 0 Å². The fraction of sp³-hybridized carbons (Fsp3) is 0.562. The minimum atomic E-state index is -0.550. The highest BCUT2D eigenvalue weighted by Crippen LogP contribution is 2.07. The molecule has 0 aliphatic heterocycles. The number of guanidine groups is 1. The lowest BCUT2D eigenvalue weighted by molar-refractivity contribution is 0.146. The van der Waals surface area contributed by atoms with Crippen LogP contribution in [0.4, 0.5) is 8.78 Å². The highest BCUT2D eigenvalue weighted by Gasteiger charge is 2.02. The van der Waals surface area contributed by atoms with Gasteiger partial charge in [-0.25, -0.2) is 8.78 Å². The maximum Gasteiger partial charge on any atom is 0.191 e. The van der Waals surface area contributed by atoms with Crippen LogP contribution < -0.4 is 10.6 Å². The number of aliphatic imine (C=N–C) groups is 1. The summed E-state index contributed by atoms with van der Waals surface area (Å²) in [6, 6.07) is 3.56. The summed E-state index contributed by atoms with van der Waals surface area (Å²) >= 11 is 0. The van der Waals surface area contributed by atoms with Crippen LogP contribution in [0.25, 0.3) is 0 Å². The molecule has 0 aliphatic rings. The number of hydrogen-bond acceptors (Lipinski definition) is 2. The van der Waals surface area contributed by atoms with Gasteiger partial charge in [0.25, 0.3) is 0 Å². The van der Waals surface area contributed by atoms with Crippen LogP contribution in [0.15, 0.2) is 23.2 Å². The third kappa shape index (κ3) is 7.93. The van der Waals surface area contributed by atoms with E-state index in [0.717, 1.165) is 19.0 Å². The Morgan fingerprint density at radius 3 is 2.50 bits per heavy atom. The summed E-state index contributed by atoms with van der Waals surface area (Å²) < 4.78 is 31.4. The van der Waals surface area contributed by atoms with Crippen molar-refractivity contribution in [2.75, 3.05) is 32.8 Å². The molecule has 0 amide bonds. The molecule has 0 spiro atoms. The van der Waals surface area contributed by atoms with Crippen molar-refractivity contribution in [2.45, 2.75) is 26.7 Å². The third-order valence-corrected chi connectivity index (χ3v) is 2.89. The maximum atomic E-state index is 13.1. The van der Waals surface area contributed by atoms with E-state index in [1.807, 2.05) is 13.8 Å². The van der Waals surface area contributed by atoms with Crippen LogP contribution in [0, 0.1) is 11.6 Å². The first-order valence-electron chi connectivity index (χ1n) is 7.70. The zero-order valence-electron chi connectivity index (χ0n) is 13.3. The molecule has 4 nitrogen and oxygen atoms in total. The Bertz CT molecular complexity index is 446. The molecule has 0 heterocycles. The fourth-order valence-corrected chi connectivity index (χ4v) is 1.92. The van der Waals surface area contributed by atoms with Crippen LogP contribution in [-0.2, 0) is 11.2 Å². The van der Waals surface area contributed by atoms with Crippen molar-refractivity contribution in [1.29, 1.82) is 0 Å². The molecule has 0 saturated heterocycles. The predicted octanol–water partition coefficient (Wildman–Crippen LogP) is 2.49. The number of hydrogen-bond donors (Lipinski definition) is 2. The average Bonchev–Trinajstić information content (AvgIpc) is 2.46. The number of halogens is 2. The van der Waals surface area contributed by atoms with Crippen LogP contribution in [0.5, 0.6) is 0 Å². The van der Waals surface area contributed by atoms with Crippen LogP contribution in [0.1, 0.15) is 25.8 Å². The molecule has 2 N–H and O–H groups in total. The van der Waals surface area contributed by atoms with Crippen molar-refractivity contribution in [1.82, 2.24) is 10.6 Å².